The molecule has 80 valence electrons. The van der Waals surface area contributed by atoms with Crippen molar-refractivity contribution in [3.63, 3.8) is 0 Å². The normalized spacial score (nSPS) is 14.4. The van der Waals surface area contributed by atoms with Gasteiger partial charge in [-0.15, -0.1) is 13.2 Å². The third-order valence-corrected chi connectivity index (χ3v) is 2.63. The van der Waals surface area contributed by atoms with Crippen LogP contribution in [-0.2, 0) is 4.79 Å². The molecule has 0 saturated carbocycles. The van der Waals surface area contributed by atoms with Crippen LogP contribution in [0.3, 0.4) is 0 Å². The van der Waals surface area contributed by atoms with E-state index in [4.69, 9.17) is 0 Å². The van der Waals surface area contributed by atoms with E-state index in [9.17, 15) is 4.79 Å². The van der Waals surface area contributed by atoms with Crippen LogP contribution >= 0.6 is 0 Å². The van der Waals surface area contributed by atoms with Gasteiger partial charge in [0.2, 0.25) is 0 Å². The lowest BCUT2D eigenvalue weighted by Crippen LogP contribution is -2.28. The van der Waals surface area contributed by atoms with Crippen molar-refractivity contribution < 1.29 is 4.79 Å². The van der Waals surface area contributed by atoms with Gasteiger partial charge in [-0.2, -0.15) is 0 Å². The second-order valence-corrected chi connectivity index (χ2v) is 3.78. The molecule has 0 amide bonds. The van der Waals surface area contributed by atoms with Crippen molar-refractivity contribution in [3.05, 3.63) is 25.3 Å². The number of Topliss-reactive ketones (excluding diaryl/α,β-unsaturated/α-hetero) is 1. The molecule has 0 spiro atoms. The van der Waals surface area contributed by atoms with E-state index in [2.05, 4.69) is 20.1 Å². The average molecular weight is 194 g/mol. The summed E-state index contributed by atoms with van der Waals surface area (Å²) < 4.78 is 0. The number of hydrogen-bond acceptors (Lipinski definition) is 1. The van der Waals surface area contributed by atoms with Gasteiger partial charge in [-0.1, -0.05) is 32.4 Å². The Kier molecular flexibility index (Phi) is 6.18. The van der Waals surface area contributed by atoms with Crippen molar-refractivity contribution in [2.24, 2.45) is 5.41 Å². The Morgan fingerprint density at radius 2 is 1.93 bits per heavy atom. The molecule has 0 aliphatic heterocycles. The molecular formula is C13H22O. The van der Waals surface area contributed by atoms with Crippen molar-refractivity contribution in [3.8, 4) is 0 Å². The lowest BCUT2D eigenvalue weighted by Gasteiger charge is -2.27. The number of carbonyl (C=O) groups excluding carboxylic acids is 1. The molecule has 0 radical (unpaired) electrons. The monoisotopic (exact) mass is 194 g/mol. The zero-order valence-electron chi connectivity index (χ0n) is 9.51. The summed E-state index contributed by atoms with van der Waals surface area (Å²) in [5, 5.41) is 0. The molecule has 0 rings (SSSR count). The van der Waals surface area contributed by atoms with Crippen LogP contribution in [0.4, 0.5) is 0 Å². The first-order chi connectivity index (χ1) is 6.66. The van der Waals surface area contributed by atoms with Crippen molar-refractivity contribution in [1.82, 2.24) is 0 Å². The Hall–Kier alpha value is -0.850. The lowest BCUT2D eigenvalue weighted by molar-refractivity contribution is -0.126. The van der Waals surface area contributed by atoms with Gasteiger partial charge in [-0.05, 0) is 19.3 Å². The van der Waals surface area contributed by atoms with E-state index in [1.807, 2.05) is 19.1 Å². The van der Waals surface area contributed by atoms with Crippen molar-refractivity contribution in [2.45, 2.75) is 46.0 Å². The van der Waals surface area contributed by atoms with Crippen LogP contribution in [0.2, 0.25) is 0 Å². The van der Waals surface area contributed by atoms with Gasteiger partial charge in [-0.25, -0.2) is 0 Å². The number of hydrogen-bond donors (Lipinski definition) is 0. The maximum atomic E-state index is 12.0. The van der Waals surface area contributed by atoms with E-state index >= 15 is 0 Å². The van der Waals surface area contributed by atoms with Gasteiger partial charge >= 0.3 is 0 Å². The van der Waals surface area contributed by atoms with Gasteiger partial charge in [0.1, 0.15) is 5.78 Å². The molecule has 0 fully saturated rings. The number of allylic oxidation sites excluding steroid dienone is 2. The first-order valence-electron chi connectivity index (χ1n) is 5.44. The van der Waals surface area contributed by atoms with Gasteiger partial charge in [0.15, 0.2) is 0 Å². The predicted molar refractivity (Wildman–Crippen MR) is 62.3 cm³/mol. The molecule has 0 heterocycles. The van der Waals surface area contributed by atoms with E-state index in [0.717, 1.165) is 25.7 Å². The molecule has 1 unspecified atom stereocenters. The first-order valence-corrected chi connectivity index (χ1v) is 5.44. The summed E-state index contributed by atoms with van der Waals surface area (Å²) >= 11 is 0. The van der Waals surface area contributed by atoms with E-state index < -0.39 is 0 Å². The molecule has 0 aromatic rings. The molecule has 0 aliphatic carbocycles. The minimum Gasteiger partial charge on any atom is -0.299 e. The van der Waals surface area contributed by atoms with Gasteiger partial charge in [0.25, 0.3) is 0 Å². The zero-order valence-corrected chi connectivity index (χ0v) is 9.51. The minimum absolute atomic E-state index is 0.316. The number of rotatable bonds is 8. The third-order valence-electron chi connectivity index (χ3n) is 2.63. The van der Waals surface area contributed by atoms with E-state index in [1.165, 1.54) is 0 Å². The van der Waals surface area contributed by atoms with Gasteiger partial charge in [0, 0.05) is 6.42 Å². The number of ketones is 1. The zero-order chi connectivity index (χ0) is 11.0. The fraction of sp³-hybridized carbons (Fsp3) is 0.615. The van der Waals surface area contributed by atoms with E-state index in [-0.39, 0.29) is 5.41 Å². The van der Waals surface area contributed by atoms with Crippen LogP contribution in [0.5, 0.6) is 0 Å². The summed E-state index contributed by atoms with van der Waals surface area (Å²) in [6.07, 6.45) is 7.83. The minimum atomic E-state index is -0.341. The highest BCUT2D eigenvalue weighted by atomic mass is 16.1. The molecule has 0 aromatic heterocycles. The van der Waals surface area contributed by atoms with Crippen molar-refractivity contribution in [1.29, 1.82) is 0 Å². The molecule has 0 aromatic carbocycles. The quantitative estimate of drug-likeness (QED) is 0.535. The van der Waals surface area contributed by atoms with E-state index in [0.29, 0.717) is 12.2 Å². The fourth-order valence-corrected chi connectivity index (χ4v) is 1.83. The summed E-state index contributed by atoms with van der Waals surface area (Å²) in [6, 6.07) is 0. The van der Waals surface area contributed by atoms with Gasteiger partial charge in [-0.3, -0.25) is 4.79 Å². The third kappa shape index (κ3) is 3.13. The summed E-state index contributed by atoms with van der Waals surface area (Å²) in [5.74, 6) is 0.316. The Bertz CT molecular complexity index is 205. The van der Waals surface area contributed by atoms with Crippen molar-refractivity contribution in [2.75, 3.05) is 0 Å². The van der Waals surface area contributed by atoms with Crippen LogP contribution < -0.4 is 0 Å². The standard InChI is InChI=1S/C13H22O/c1-5-9-12(14)13(8-4,10-6-2)11-7-3/h6,8H,2,4-5,7,9-11H2,1,3H3. The second-order valence-electron chi connectivity index (χ2n) is 3.78. The molecular weight excluding hydrogens is 172 g/mol. The highest BCUT2D eigenvalue weighted by Gasteiger charge is 2.31. The van der Waals surface area contributed by atoms with Crippen LogP contribution in [0.15, 0.2) is 25.3 Å². The topological polar surface area (TPSA) is 17.1 Å². The first kappa shape index (κ1) is 13.2. The molecule has 1 nitrogen and oxygen atoms in total. The number of carbonyl (C=O) groups is 1. The Labute approximate surface area is 87.9 Å². The summed E-state index contributed by atoms with van der Waals surface area (Å²) in [6.45, 7) is 11.7. The highest BCUT2D eigenvalue weighted by Crippen LogP contribution is 2.32. The van der Waals surface area contributed by atoms with Gasteiger partial charge < -0.3 is 0 Å². The SMILES string of the molecule is C=CCC(C=C)(CCC)C(=O)CCC. The summed E-state index contributed by atoms with van der Waals surface area (Å²) in [7, 11) is 0. The lowest BCUT2D eigenvalue weighted by atomic mass is 9.75. The predicted octanol–water partition coefficient (Wildman–Crippen LogP) is 3.90. The fourth-order valence-electron chi connectivity index (χ4n) is 1.83. The Balaban J connectivity index is 4.71. The van der Waals surface area contributed by atoms with Crippen LogP contribution in [0.1, 0.15) is 46.0 Å². The maximum absolute atomic E-state index is 12.0. The van der Waals surface area contributed by atoms with E-state index in [1.54, 1.807) is 0 Å². The molecule has 0 aliphatic rings. The molecule has 1 heteroatoms. The van der Waals surface area contributed by atoms with Crippen molar-refractivity contribution >= 4 is 5.78 Å². The van der Waals surface area contributed by atoms with Crippen LogP contribution in [0, 0.1) is 5.41 Å². The smallest absolute Gasteiger partial charge is 0.143 e. The summed E-state index contributed by atoms with van der Waals surface area (Å²) in [5.41, 5.74) is -0.341. The molecule has 1 atom stereocenters. The Morgan fingerprint density at radius 1 is 1.29 bits per heavy atom. The molecule has 0 N–H and O–H groups in total. The van der Waals surface area contributed by atoms with Gasteiger partial charge in [0.05, 0.1) is 5.41 Å². The summed E-state index contributed by atoms with van der Waals surface area (Å²) in [4.78, 5) is 12.0. The van der Waals surface area contributed by atoms with Crippen LogP contribution in [0.25, 0.3) is 0 Å². The van der Waals surface area contributed by atoms with Crippen LogP contribution in [-0.4, -0.2) is 5.78 Å². The Morgan fingerprint density at radius 3 is 2.29 bits per heavy atom. The average Bonchev–Trinajstić information content (AvgIpc) is 2.17. The highest BCUT2D eigenvalue weighted by molar-refractivity contribution is 5.86. The second kappa shape index (κ2) is 6.58. The molecule has 14 heavy (non-hydrogen) atoms. The maximum Gasteiger partial charge on any atom is 0.143 e. The largest absolute Gasteiger partial charge is 0.299 e. The molecule has 0 bridgehead atoms. The molecule has 0 saturated heterocycles.